The van der Waals surface area contributed by atoms with Gasteiger partial charge in [0.25, 0.3) is 5.91 Å². The van der Waals surface area contributed by atoms with Gasteiger partial charge >= 0.3 is 5.97 Å². The van der Waals surface area contributed by atoms with Gasteiger partial charge in [-0.2, -0.15) is 0 Å². The zero-order valence-electron chi connectivity index (χ0n) is 13.6. The molecule has 0 saturated carbocycles. The first-order valence-electron chi connectivity index (χ1n) is 7.89. The van der Waals surface area contributed by atoms with Crippen LogP contribution in [0, 0.1) is 0 Å². The lowest BCUT2D eigenvalue weighted by atomic mass is 10.1. The fourth-order valence-electron chi connectivity index (χ4n) is 2.14. The Morgan fingerprint density at radius 1 is 1.09 bits per heavy atom. The molecule has 0 unspecified atom stereocenters. The number of amides is 1. The first-order valence-corrected chi connectivity index (χ1v) is 8.65. The van der Waals surface area contributed by atoms with Crippen LogP contribution in [0.25, 0.3) is 0 Å². The van der Waals surface area contributed by atoms with E-state index in [2.05, 4.69) is 6.92 Å². The lowest BCUT2D eigenvalue weighted by Gasteiger charge is -2.22. The minimum Gasteiger partial charge on any atom is -0.466 e. The van der Waals surface area contributed by atoms with Crippen LogP contribution in [0.5, 0.6) is 0 Å². The standard InChI is InChI=1S/C17H23Cl2NO3/c1-3-5-6-10-20(11-9-16(21)23-4-2)17(22)13-7-8-14(18)15(19)12-13/h7-8,12H,3-6,9-11H2,1-2H3. The molecule has 0 spiro atoms. The lowest BCUT2D eigenvalue weighted by Crippen LogP contribution is -2.34. The molecule has 0 aliphatic carbocycles. The molecule has 6 heteroatoms. The Kier molecular flexibility index (Phi) is 9.03. The van der Waals surface area contributed by atoms with Crippen LogP contribution in [0.3, 0.4) is 0 Å². The van der Waals surface area contributed by atoms with Crippen molar-refractivity contribution in [2.24, 2.45) is 0 Å². The second-order valence-corrected chi connectivity index (χ2v) is 6.00. The molecule has 0 atom stereocenters. The van der Waals surface area contributed by atoms with E-state index >= 15 is 0 Å². The molecule has 0 bridgehead atoms. The number of hydrogen-bond donors (Lipinski definition) is 0. The average Bonchev–Trinajstić information content (AvgIpc) is 2.53. The highest BCUT2D eigenvalue weighted by Crippen LogP contribution is 2.23. The smallest absolute Gasteiger partial charge is 0.307 e. The normalized spacial score (nSPS) is 10.4. The van der Waals surface area contributed by atoms with Crippen LogP contribution in [0.2, 0.25) is 10.0 Å². The van der Waals surface area contributed by atoms with Gasteiger partial charge in [-0.25, -0.2) is 0 Å². The summed E-state index contributed by atoms with van der Waals surface area (Å²) in [5.74, 6) is -0.445. The summed E-state index contributed by atoms with van der Waals surface area (Å²) in [4.78, 5) is 25.9. The van der Waals surface area contributed by atoms with Crippen LogP contribution in [-0.2, 0) is 9.53 Å². The largest absolute Gasteiger partial charge is 0.466 e. The summed E-state index contributed by atoms with van der Waals surface area (Å²) in [5.41, 5.74) is 0.472. The maximum absolute atomic E-state index is 12.6. The first-order chi connectivity index (χ1) is 11.0. The number of benzene rings is 1. The van der Waals surface area contributed by atoms with Gasteiger partial charge in [0.05, 0.1) is 23.1 Å². The van der Waals surface area contributed by atoms with Crippen molar-refractivity contribution < 1.29 is 14.3 Å². The first kappa shape index (κ1) is 19.8. The van der Waals surface area contributed by atoms with Crippen molar-refractivity contribution in [2.75, 3.05) is 19.7 Å². The minimum atomic E-state index is -0.296. The molecule has 0 N–H and O–H groups in total. The van der Waals surface area contributed by atoms with Crippen LogP contribution in [-0.4, -0.2) is 36.5 Å². The van der Waals surface area contributed by atoms with Crippen LogP contribution in [0.1, 0.15) is 49.9 Å². The maximum Gasteiger partial charge on any atom is 0.307 e. The van der Waals surface area contributed by atoms with Crippen molar-refractivity contribution in [2.45, 2.75) is 39.5 Å². The van der Waals surface area contributed by atoms with Gasteiger partial charge in [0.15, 0.2) is 0 Å². The van der Waals surface area contributed by atoms with E-state index < -0.39 is 0 Å². The van der Waals surface area contributed by atoms with Gasteiger partial charge in [0, 0.05) is 18.7 Å². The van der Waals surface area contributed by atoms with E-state index in [9.17, 15) is 9.59 Å². The molecule has 1 amide bonds. The predicted molar refractivity (Wildman–Crippen MR) is 93.1 cm³/mol. The maximum atomic E-state index is 12.6. The molecule has 0 aromatic heterocycles. The summed E-state index contributed by atoms with van der Waals surface area (Å²) in [6.07, 6.45) is 3.18. The van der Waals surface area contributed by atoms with Crippen LogP contribution < -0.4 is 0 Å². The molecule has 0 heterocycles. The molecule has 4 nitrogen and oxygen atoms in total. The van der Waals surface area contributed by atoms with Crippen LogP contribution in [0.15, 0.2) is 18.2 Å². The number of carbonyl (C=O) groups is 2. The monoisotopic (exact) mass is 359 g/mol. The summed E-state index contributed by atoms with van der Waals surface area (Å²) in [6, 6.07) is 4.81. The topological polar surface area (TPSA) is 46.6 Å². The van der Waals surface area contributed by atoms with Gasteiger partial charge in [-0.3, -0.25) is 9.59 Å². The second kappa shape index (κ2) is 10.5. The van der Waals surface area contributed by atoms with Crippen molar-refractivity contribution in [3.8, 4) is 0 Å². The van der Waals surface area contributed by atoms with Crippen molar-refractivity contribution in [1.82, 2.24) is 4.90 Å². The quantitative estimate of drug-likeness (QED) is 0.478. The fraction of sp³-hybridized carbons (Fsp3) is 0.529. The van der Waals surface area contributed by atoms with E-state index in [-0.39, 0.29) is 18.3 Å². The highest BCUT2D eigenvalue weighted by atomic mass is 35.5. The number of hydrogen-bond acceptors (Lipinski definition) is 3. The number of carbonyl (C=O) groups excluding carboxylic acids is 2. The Morgan fingerprint density at radius 3 is 2.43 bits per heavy atom. The van der Waals surface area contributed by atoms with Gasteiger partial charge < -0.3 is 9.64 Å². The van der Waals surface area contributed by atoms with E-state index in [0.717, 1.165) is 19.3 Å². The third kappa shape index (κ3) is 6.80. The Balaban J connectivity index is 2.77. The highest BCUT2D eigenvalue weighted by Gasteiger charge is 2.18. The van der Waals surface area contributed by atoms with Crippen molar-refractivity contribution in [1.29, 1.82) is 0 Å². The summed E-state index contributed by atoms with van der Waals surface area (Å²) in [5, 5.41) is 0.753. The number of unbranched alkanes of at least 4 members (excludes halogenated alkanes) is 2. The molecule has 0 radical (unpaired) electrons. The third-order valence-corrected chi connectivity index (χ3v) is 4.12. The van der Waals surface area contributed by atoms with E-state index in [1.54, 1.807) is 30.0 Å². The molecule has 1 rings (SSSR count). The molecule has 23 heavy (non-hydrogen) atoms. The van der Waals surface area contributed by atoms with Gasteiger partial charge in [-0.05, 0) is 31.5 Å². The Labute approximate surface area is 147 Å². The molecular weight excluding hydrogens is 337 g/mol. The zero-order valence-corrected chi connectivity index (χ0v) is 15.1. The molecule has 0 fully saturated rings. The lowest BCUT2D eigenvalue weighted by molar-refractivity contribution is -0.143. The summed E-state index contributed by atoms with van der Waals surface area (Å²) >= 11 is 11.9. The molecule has 1 aromatic rings. The van der Waals surface area contributed by atoms with Gasteiger partial charge in [0.2, 0.25) is 0 Å². The van der Waals surface area contributed by atoms with E-state index in [1.807, 2.05) is 0 Å². The summed E-state index contributed by atoms with van der Waals surface area (Å²) in [6.45, 7) is 5.14. The van der Waals surface area contributed by atoms with Gasteiger partial charge in [0.1, 0.15) is 0 Å². The van der Waals surface area contributed by atoms with Gasteiger partial charge in [-0.1, -0.05) is 43.0 Å². The molecule has 0 aliphatic heterocycles. The highest BCUT2D eigenvalue weighted by molar-refractivity contribution is 6.42. The minimum absolute atomic E-state index is 0.149. The van der Waals surface area contributed by atoms with Crippen molar-refractivity contribution >= 4 is 35.1 Å². The zero-order chi connectivity index (χ0) is 17.2. The number of halogens is 2. The third-order valence-electron chi connectivity index (χ3n) is 3.38. The Morgan fingerprint density at radius 2 is 1.83 bits per heavy atom. The van der Waals surface area contributed by atoms with Crippen molar-refractivity contribution in [3.63, 3.8) is 0 Å². The van der Waals surface area contributed by atoms with E-state index in [1.165, 1.54) is 0 Å². The summed E-state index contributed by atoms with van der Waals surface area (Å²) in [7, 11) is 0. The Bertz CT molecular complexity index is 535. The average molecular weight is 360 g/mol. The van der Waals surface area contributed by atoms with E-state index in [4.69, 9.17) is 27.9 Å². The SMILES string of the molecule is CCCCCN(CCC(=O)OCC)C(=O)c1ccc(Cl)c(Cl)c1. The molecule has 1 aromatic carbocycles. The fourth-order valence-corrected chi connectivity index (χ4v) is 2.44. The molecule has 0 saturated heterocycles. The number of rotatable bonds is 9. The molecular formula is C17H23Cl2NO3. The van der Waals surface area contributed by atoms with Crippen LogP contribution in [0.4, 0.5) is 0 Å². The Hall–Kier alpha value is -1.26. The van der Waals surface area contributed by atoms with Crippen molar-refractivity contribution in [3.05, 3.63) is 33.8 Å². The predicted octanol–water partition coefficient (Wildman–Crippen LogP) is 4.58. The molecule has 0 aliphatic rings. The summed E-state index contributed by atoms with van der Waals surface area (Å²) < 4.78 is 4.92. The second-order valence-electron chi connectivity index (χ2n) is 5.18. The number of nitrogens with zero attached hydrogens (tertiary/aromatic N) is 1. The van der Waals surface area contributed by atoms with Crippen LogP contribution >= 0.6 is 23.2 Å². The number of esters is 1. The number of ether oxygens (including phenoxy) is 1. The van der Waals surface area contributed by atoms with Gasteiger partial charge in [-0.15, -0.1) is 0 Å². The van der Waals surface area contributed by atoms with E-state index in [0.29, 0.717) is 35.3 Å². The molecule has 128 valence electrons.